The van der Waals surface area contributed by atoms with E-state index >= 15 is 0 Å². The Labute approximate surface area is 147 Å². The fourth-order valence-corrected chi connectivity index (χ4v) is 3.12. The van der Waals surface area contributed by atoms with E-state index in [0.29, 0.717) is 5.39 Å². The van der Waals surface area contributed by atoms with Crippen LogP contribution >= 0.6 is 0 Å². The first-order valence-corrected chi connectivity index (χ1v) is 8.99. The average molecular weight is 363 g/mol. The van der Waals surface area contributed by atoms with Crippen LogP contribution in [0.5, 0.6) is 5.75 Å². The predicted molar refractivity (Wildman–Crippen MR) is 98.5 cm³/mol. The summed E-state index contributed by atoms with van der Waals surface area (Å²) < 4.78 is 30.0. The van der Waals surface area contributed by atoms with Gasteiger partial charge in [0, 0.05) is 37.1 Å². The van der Waals surface area contributed by atoms with Crippen molar-refractivity contribution in [1.29, 1.82) is 0 Å². The quantitative estimate of drug-likeness (QED) is 0.277. The van der Waals surface area contributed by atoms with Crippen molar-refractivity contribution in [3.63, 3.8) is 0 Å². The Bertz CT molecular complexity index is 923. The van der Waals surface area contributed by atoms with Crippen molar-refractivity contribution in [1.82, 2.24) is 5.01 Å². The molecule has 0 unspecified atom stereocenters. The van der Waals surface area contributed by atoms with Crippen LogP contribution in [0.1, 0.15) is 6.92 Å². The third-order valence-corrected chi connectivity index (χ3v) is 4.86. The maximum absolute atomic E-state index is 12.4. The van der Waals surface area contributed by atoms with Crippen LogP contribution in [0.25, 0.3) is 10.8 Å². The maximum atomic E-state index is 12.4. The molecule has 0 bridgehead atoms. The zero-order valence-electron chi connectivity index (χ0n) is 14.4. The van der Waals surface area contributed by atoms with E-state index in [1.54, 1.807) is 25.1 Å². The molecule has 0 saturated heterocycles. The summed E-state index contributed by atoms with van der Waals surface area (Å²) in [6.45, 7) is 5.09. The standard InChI is InChI=1S/C17H21N3O4S/c1-5-20(18)17(21)12(2)25(22,23)24-16-11-7-8-13-14(16)9-6-10-15(13)19(3)4/h6-11H,2,5,18H2,1,3-4H3. The van der Waals surface area contributed by atoms with E-state index in [2.05, 4.69) is 6.58 Å². The van der Waals surface area contributed by atoms with Crippen LogP contribution in [-0.2, 0) is 14.9 Å². The number of fused-ring (bicyclic) bond motifs is 1. The number of benzene rings is 2. The van der Waals surface area contributed by atoms with Gasteiger partial charge < -0.3 is 9.08 Å². The number of amides is 1. The molecule has 0 saturated carbocycles. The molecule has 0 aliphatic carbocycles. The predicted octanol–water partition coefficient (Wildman–Crippen LogP) is 1.85. The molecule has 0 spiro atoms. The van der Waals surface area contributed by atoms with Crippen molar-refractivity contribution in [2.24, 2.45) is 5.84 Å². The summed E-state index contributed by atoms with van der Waals surface area (Å²) in [5, 5.41) is 2.19. The van der Waals surface area contributed by atoms with Gasteiger partial charge in [0.2, 0.25) is 0 Å². The summed E-state index contributed by atoms with van der Waals surface area (Å²) in [6, 6.07) is 10.5. The second kappa shape index (κ2) is 7.12. The highest BCUT2D eigenvalue weighted by molar-refractivity contribution is 7.92. The van der Waals surface area contributed by atoms with Gasteiger partial charge in [0.1, 0.15) is 0 Å². The van der Waals surface area contributed by atoms with Gasteiger partial charge in [0.05, 0.1) is 0 Å². The fourth-order valence-electron chi connectivity index (χ4n) is 2.31. The Morgan fingerprint density at radius 1 is 1.16 bits per heavy atom. The number of nitrogens with two attached hydrogens (primary N) is 1. The normalized spacial score (nSPS) is 11.2. The third kappa shape index (κ3) is 3.75. The summed E-state index contributed by atoms with van der Waals surface area (Å²) in [4.78, 5) is 13.2. The molecule has 0 heterocycles. The fraction of sp³-hybridized carbons (Fsp3) is 0.235. The largest absolute Gasteiger partial charge is 0.378 e. The molecule has 8 heteroatoms. The molecule has 0 fully saturated rings. The first-order chi connectivity index (χ1) is 11.7. The number of rotatable bonds is 6. The first-order valence-electron chi connectivity index (χ1n) is 7.58. The number of hydrazine groups is 1. The molecule has 2 aromatic rings. The molecule has 2 rings (SSSR count). The maximum Gasteiger partial charge on any atom is 0.344 e. The van der Waals surface area contributed by atoms with Crippen LogP contribution in [-0.4, -0.2) is 40.0 Å². The smallest absolute Gasteiger partial charge is 0.344 e. The summed E-state index contributed by atoms with van der Waals surface area (Å²) in [6.07, 6.45) is 0. The van der Waals surface area contributed by atoms with Crippen molar-refractivity contribution >= 4 is 32.5 Å². The van der Waals surface area contributed by atoms with E-state index in [9.17, 15) is 13.2 Å². The van der Waals surface area contributed by atoms with Gasteiger partial charge in [-0.05, 0) is 19.1 Å². The van der Waals surface area contributed by atoms with Gasteiger partial charge >= 0.3 is 10.1 Å². The highest BCUT2D eigenvalue weighted by atomic mass is 32.2. The lowest BCUT2D eigenvalue weighted by Gasteiger charge is -2.18. The lowest BCUT2D eigenvalue weighted by molar-refractivity contribution is -0.126. The van der Waals surface area contributed by atoms with Crippen molar-refractivity contribution < 1.29 is 17.4 Å². The van der Waals surface area contributed by atoms with Crippen LogP contribution < -0.4 is 14.9 Å². The number of anilines is 1. The van der Waals surface area contributed by atoms with Crippen LogP contribution in [0.2, 0.25) is 0 Å². The Kier molecular flexibility index (Phi) is 5.34. The molecule has 2 N–H and O–H groups in total. The Balaban J connectivity index is 2.45. The molecule has 0 atom stereocenters. The van der Waals surface area contributed by atoms with Crippen LogP contribution in [0.3, 0.4) is 0 Å². The Hall–Kier alpha value is -2.58. The molecule has 134 valence electrons. The van der Waals surface area contributed by atoms with Gasteiger partial charge in [-0.2, -0.15) is 8.42 Å². The minimum atomic E-state index is -4.37. The number of carbonyl (C=O) groups excluding carboxylic acids is 1. The molecule has 2 aromatic carbocycles. The van der Waals surface area contributed by atoms with Crippen molar-refractivity contribution in [3.8, 4) is 5.75 Å². The van der Waals surface area contributed by atoms with Gasteiger partial charge in [-0.3, -0.25) is 9.80 Å². The summed E-state index contributed by atoms with van der Waals surface area (Å²) >= 11 is 0. The molecule has 1 amide bonds. The number of nitrogens with zero attached hydrogens (tertiary/aromatic N) is 2. The highest BCUT2D eigenvalue weighted by Crippen LogP contribution is 2.33. The third-order valence-electron chi connectivity index (χ3n) is 3.68. The van der Waals surface area contributed by atoms with E-state index in [-0.39, 0.29) is 12.3 Å². The summed E-state index contributed by atoms with van der Waals surface area (Å²) in [5.41, 5.74) is 0.911. The minimum Gasteiger partial charge on any atom is -0.378 e. The van der Waals surface area contributed by atoms with Crippen LogP contribution in [0.15, 0.2) is 47.9 Å². The van der Waals surface area contributed by atoms with E-state index in [1.165, 1.54) is 6.07 Å². The van der Waals surface area contributed by atoms with Crippen LogP contribution in [0, 0.1) is 0 Å². The van der Waals surface area contributed by atoms with E-state index in [0.717, 1.165) is 16.1 Å². The molecular formula is C17H21N3O4S. The van der Waals surface area contributed by atoms with E-state index < -0.39 is 20.9 Å². The lowest BCUT2D eigenvalue weighted by Crippen LogP contribution is -2.40. The second-order valence-corrected chi connectivity index (χ2v) is 7.14. The van der Waals surface area contributed by atoms with Crippen molar-refractivity contribution in [2.45, 2.75) is 6.92 Å². The van der Waals surface area contributed by atoms with E-state index in [1.807, 2.05) is 31.1 Å². The molecular weight excluding hydrogens is 342 g/mol. The van der Waals surface area contributed by atoms with Crippen molar-refractivity contribution in [2.75, 3.05) is 25.5 Å². The van der Waals surface area contributed by atoms with Crippen molar-refractivity contribution in [3.05, 3.63) is 47.9 Å². The number of carbonyl (C=O) groups is 1. The molecule has 0 radical (unpaired) electrons. The van der Waals surface area contributed by atoms with Gasteiger partial charge in [-0.25, -0.2) is 5.84 Å². The first kappa shape index (κ1) is 18.8. The van der Waals surface area contributed by atoms with Gasteiger partial charge in [-0.1, -0.05) is 30.8 Å². The molecule has 0 aliphatic heterocycles. The zero-order chi connectivity index (χ0) is 18.8. The number of hydrogen-bond acceptors (Lipinski definition) is 6. The zero-order valence-corrected chi connectivity index (χ0v) is 15.2. The highest BCUT2D eigenvalue weighted by Gasteiger charge is 2.28. The molecule has 25 heavy (non-hydrogen) atoms. The number of likely N-dealkylation sites (N-methyl/N-ethyl adjacent to an activating group) is 1. The molecule has 0 aromatic heterocycles. The van der Waals surface area contributed by atoms with E-state index in [4.69, 9.17) is 10.0 Å². The van der Waals surface area contributed by atoms with Gasteiger partial charge in [0.15, 0.2) is 10.7 Å². The monoisotopic (exact) mass is 363 g/mol. The Morgan fingerprint density at radius 3 is 2.36 bits per heavy atom. The van der Waals surface area contributed by atoms with Gasteiger partial charge in [-0.15, -0.1) is 0 Å². The molecule has 7 nitrogen and oxygen atoms in total. The minimum absolute atomic E-state index is 0.121. The topological polar surface area (TPSA) is 92.9 Å². The summed E-state index contributed by atoms with van der Waals surface area (Å²) in [5.74, 6) is 4.66. The van der Waals surface area contributed by atoms with Gasteiger partial charge in [0.25, 0.3) is 5.91 Å². The summed E-state index contributed by atoms with van der Waals surface area (Å²) in [7, 11) is -0.593. The second-order valence-electron chi connectivity index (χ2n) is 5.57. The average Bonchev–Trinajstić information content (AvgIpc) is 2.59. The Morgan fingerprint density at radius 2 is 1.76 bits per heavy atom. The lowest BCUT2D eigenvalue weighted by atomic mass is 10.1. The SMILES string of the molecule is C=C(C(=O)N(N)CC)S(=O)(=O)Oc1cccc2c(N(C)C)cccc12. The molecule has 0 aliphatic rings. The van der Waals surface area contributed by atoms with Crippen LogP contribution in [0.4, 0.5) is 5.69 Å². The number of hydrogen-bond donors (Lipinski definition) is 1.